The topological polar surface area (TPSA) is 71.3 Å². The maximum Gasteiger partial charge on any atom is 0.242 e. The van der Waals surface area contributed by atoms with E-state index in [9.17, 15) is 8.42 Å². The molecule has 0 bridgehead atoms. The van der Waals surface area contributed by atoms with E-state index in [1.807, 2.05) is 6.92 Å². The van der Waals surface area contributed by atoms with Gasteiger partial charge in [0.15, 0.2) is 0 Å². The molecule has 0 aliphatic heterocycles. The number of hydrogen-bond acceptors (Lipinski definition) is 3. The minimum atomic E-state index is -3.47. The lowest BCUT2D eigenvalue weighted by atomic mass is 9.81. The maximum atomic E-state index is 12.2. The fraction of sp³-hybridized carbons (Fsp3) is 0.667. The minimum absolute atomic E-state index is 0.0264. The Morgan fingerprint density at radius 2 is 2.22 bits per heavy atom. The molecule has 1 atom stereocenters. The first-order valence-electron chi connectivity index (χ1n) is 6.22. The van der Waals surface area contributed by atoms with Crippen LogP contribution in [-0.4, -0.2) is 24.1 Å². The van der Waals surface area contributed by atoms with Gasteiger partial charge in [0.1, 0.15) is 0 Å². The van der Waals surface area contributed by atoms with Gasteiger partial charge >= 0.3 is 0 Å². The Labute approximate surface area is 108 Å². The molecule has 1 aliphatic rings. The monoisotopic (exact) mass is 272 g/mol. The minimum Gasteiger partial charge on any atom is -0.390 e. The van der Waals surface area contributed by atoms with Crippen molar-refractivity contribution in [2.45, 2.75) is 43.7 Å². The normalized spacial score (nSPS) is 18.6. The Bertz CT molecular complexity index is 517. The third kappa shape index (κ3) is 2.60. The van der Waals surface area contributed by atoms with Gasteiger partial charge in [0.05, 0.1) is 11.5 Å². The molecule has 102 valence electrons. The van der Waals surface area contributed by atoms with Gasteiger partial charge in [0.2, 0.25) is 10.0 Å². The van der Waals surface area contributed by atoms with Crippen LogP contribution in [0.25, 0.3) is 0 Å². The summed E-state index contributed by atoms with van der Waals surface area (Å²) in [5.74, 6) is 0.459. The molecule has 1 aromatic rings. The maximum absolute atomic E-state index is 12.2. The quantitative estimate of drug-likeness (QED) is 0.839. The van der Waals surface area contributed by atoms with E-state index in [1.165, 1.54) is 18.7 Å². The van der Waals surface area contributed by atoms with E-state index in [0.717, 1.165) is 12.8 Å². The molecule has 1 aliphatic carbocycles. The number of hydrogen-bond donors (Lipinski definition) is 2. The fourth-order valence-electron chi connectivity index (χ4n) is 2.23. The van der Waals surface area contributed by atoms with E-state index in [-0.39, 0.29) is 17.5 Å². The lowest BCUT2D eigenvalue weighted by Crippen LogP contribution is -2.40. The third-order valence-electron chi connectivity index (χ3n) is 3.75. The number of aromatic nitrogens is 1. The van der Waals surface area contributed by atoms with Gasteiger partial charge in [-0.05, 0) is 31.7 Å². The number of rotatable bonds is 5. The van der Waals surface area contributed by atoms with E-state index < -0.39 is 10.0 Å². The average Bonchev–Trinajstić information content (AvgIpc) is 2.56. The van der Waals surface area contributed by atoms with Crippen LogP contribution in [0, 0.1) is 5.92 Å². The molecule has 0 radical (unpaired) electrons. The molecule has 1 heterocycles. The Kier molecular flexibility index (Phi) is 3.79. The van der Waals surface area contributed by atoms with Gasteiger partial charge in [-0.15, -0.1) is 0 Å². The van der Waals surface area contributed by atoms with Crippen molar-refractivity contribution >= 4 is 10.0 Å². The van der Waals surface area contributed by atoms with Crippen molar-refractivity contribution in [1.29, 1.82) is 0 Å². The van der Waals surface area contributed by atoms with Gasteiger partial charge < -0.3 is 9.67 Å². The number of aliphatic hydroxyl groups is 1. The second-order valence-electron chi connectivity index (χ2n) is 5.04. The van der Waals surface area contributed by atoms with Crippen molar-refractivity contribution in [3.05, 3.63) is 18.0 Å². The summed E-state index contributed by atoms with van der Waals surface area (Å²) in [6.45, 7) is 1.75. The lowest BCUT2D eigenvalue weighted by molar-refractivity contribution is 0.260. The van der Waals surface area contributed by atoms with Crippen molar-refractivity contribution < 1.29 is 13.5 Å². The standard InChI is InChI=1S/C12H20N2O3S/c1-9(10-4-3-5-10)13-18(16,17)12-6-11(8-15)14(2)7-12/h6-7,9-10,13,15H,3-5,8H2,1-2H3. The predicted molar refractivity (Wildman–Crippen MR) is 68.5 cm³/mol. The Hall–Kier alpha value is -0.850. The second kappa shape index (κ2) is 5.03. The van der Waals surface area contributed by atoms with Crippen molar-refractivity contribution in [2.24, 2.45) is 13.0 Å². The zero-order valence-electron chi connectivity index (χ0n) is 10.8. The first-order valence-corrected chi connectivity index (χ1v) is 7.71. The molecular formula is C12H20N2O3S. The summed E-state index contributed by atoms with van der Waals surface area (Å²) in [6, 6.07) is 1.48. The van der Waals surface area contributed by atoms with E-state index >= 15 is 0 Å². The fourth-order valence-corrected chi connectivity index (χ4v) is 3.64. The highest BCUT2D eigenvalue weighted by atomic mass is 32.2. The molecule has 1 saturated carbocycles. The summed E-state index contributed by atoms with van der Waals surface area (Å²) in [6.07, 6.45) is 4.92. The molecule has 0 spiro atoms. The molecule has 6 heteroatoms. The molecule has 2 rings (SSSR count). The molecule has 5 nitrogen and oxygen atoms in total. The first-order chi connectivity index (χ1) is 8.44. The third-order valence-corrected chi connectivity index (χ3v) is 5.28. The van der Waals surface area contributed by atoms with Crippen molar-refractivity contribution in [1.82, 2.24) is 9.29 Å². The summed E-state index contributed by atoms with van der Waals surface area (Å²) in [7, 11) is -1.75. The zero-order chi connectivity index (χ0) is 13.3. The van der Waals surface area contributed by atoms with Crippen LogP contribution in [0.4, 0.5) is 0 Å². The predicted octanol–water partition coefficient (Wildman–Crippen LogP) is 0.984. The summed E-state index contributed by atoms with van der Waals surface area (Å²) < 4.78 is 28.7. The molecular weight excluding hydrogens is 252 g/mol. The number of nitrogens with zero attached hydrogens (tertiary/aromatic N) is 1. The summed E-state index contributed by atoms with van der Waals surface area (Å²) >= 11 is 0. The molecule has 0 aromatic carbocycles. The largest absolute Gasteiger partial charge is 0.390 e. The van der Waals surface area contributed by atoms with E-state index in [1.54, 1.807) is 11.6 Å². The molecule has 1 unspecified atom stereocenters. The first kappa shape index (κ1) is 13.6. The van der Waals surface area contributed by atoms with Gasteiger partial charge in [-0.3, -0.25) is 0 Å². The highest BCUT2D eigenvalue weighted by Gasteiger charge is 2.28. The summed E-state index contributed by atoms with van der Waals surface area (Å²) in [5, 5.41) is 9.08. The van der Waals surface area contributed by atoms with Gasteiger partial charge in [-0.1, -0.05) is 6.42 Å². The van der Waals surface area contributed by atoms with Gasteiger partial charge in [0, 0.05) is 25.0 Å². The molecule has 0 saturated heterocycles. The van der Waals surface area contributed by atoms with E-state index in [4.69, 9.17) is 5.11 Å². The van der Waals surface area contributed by atoms with Crippen LogP contribution in [0.5, 0.6) is 0 Å². The van der Waals surface area contributed by atoms with Crippen LogP contribution >= 0.6 is 0 Å². The van der Waals surface area contributed by atoms with Crippen LogP contribution < -0.4 is 4.72 Å². The zero-order valence-corrected chi connectivity index (χ0v) is 11.6. The van der Waals surface area contributed by atoms with Crippen LogP contribution in [0.2, 0.25) is 0 Å². The van der Waals surface area contributed by atoms with Crippen molar-refractivity contribution in [2.75, 3.05) is 0 Å². The summed E-state index contributed by atoms with van der Waals surface area (Å²) in [5.41, 5.74) is 0.590. The van der Waals surface area contributed by atoms with Gasteiger partial charge in [-0.25, -0.2) is 13.1 Å². The molecule has 1 fully saturated rings. The molecule has 0 amide bonds. The van der Waals surface area contributed by atoms with Crippen molar-refractivity contribution in [3.8, 4) is 0 Å². The molecule has 1 aromatic heterocycles. The number of nitrogens with one attached hydrogen (secondary N) is 1. The van der Waals surface area contributed by atoms with Crippen molar-refractivity contribution in [3.63, 3.8) is 0 Å². The van der Waals surface area contributed by atoms with Crippen LogP contribution in [0.1, 0.15) is 31.9 Å². The van der Waals surface area contributed by atoms with Crippen LogP contribution in [0.3, 0.4) is 0 Å². The van der Waals surface area contributed by atoms with Gasteiger partial charge in [-0.2, -0.15) is 0 Å². The van der Waals surface area contributed by atoms with Crippen LogP contribution in [-0.2, 0) is 23.7 Å². The number of sulfonamides is 1. The number of aryl methyl sites for hydroxylation is 1. The lowest BCUT2D eigenvalue weighted by Gasteiger charge is -2.31. The average molecular weight is 272 g/mol. The van der Waals surface area contributed by atoms with E-state index in [2.05, 4.69) is 4.72 Å². The van der Waals surface area contributed by atoms with Crippen LogP contribution in [0.15, 0.2) is 17.2 Å². The molecule has 2 N–H and O–H groups in total. The summed E-state index contributed by atoms with van der Waals surface area (Å²) in [4.78, 5) is 0.222. The Morgan fingerprint density at radius 1 is 1.56 bits per heavy atom. The molecule has 18 heavy (non-hydrogen) atoms. The number of aliphatic hydroxyl groups excluding tert-OH is 1. The Morgan fingerprint density at radius 3 is 2.67 bits per heavy atom. The van der Waals surface area contributed by atoms with Gasteiger partial charge in [0.25, 0.3) is 0 Å². The van der Waals surface area contributed by atoms with E-state index in [0.29, 0.717) is 11.6 Å². The Balaban J connectivity index is 2.13. The smallest absolute Gasteiger partial charge is 0.242 e. The SMILES string of the molecule is CC(NS(=O)(=O)c1cc(CO)n(C)c1)C1CCC1. The highest BCUT2D eigenvalue weighted by molar-refractivity contribution is 7.89. The highest BCUT2D eigenvalue weighted by Crippen LogP contribution is 2.30. The second-order valence-corrected chi connectivity index (χ2v) is 6.75.